The first-order chi connectivity index (χ1) is 8.66. The van der Waals surface area contributed by atoms with Crippen LogP contribution < -0.4 is 0 Å². The molecule has 1 aromatic heterocycles. The number of ether oxygens (including phenoxy) is 1. The van der Waals surface area contributed by atoms with Crippen LogP contribution in [-0.4, -0.2) is 53.4 Å². The molecule has 18 heavy (non-hydrogen) atoms. The largest absolute Gasteiger partial charge is 0.439 e. The summed E-state index contributed by atoms with van der Waals surface area (Å²) in [6.07, 6.45) is -0.604. The van der Waals surface area contributed by atoms with Crippen LogP contribution in [0.3, 0.4) is 0 Å². The van der Waals surface area contributed by atoms with Gasteiger partial charge in [0.15, 0.2) is 6.61 Å². The summed E-state index contributed by atoms with van der Waals surface area (Å²) in [6.45, 7) is 0.582. The van der Waals surface area contributed by atoms with Crippen LogP contribution in [0.1, 0.15) is 10.4 Å². The number of carbonyl (C=O) groups excluding carboxylic acids is 3. The third kappa shape index (κ3) is 1.67. The molecule has 7 heteroatoms. The van der Waals surface area contributed by atoms with Crippen LogP contribution in [0.4, 0.5) is 4.79 Å². The lowest BCUT2D eigenvalue weighted by Gasteiger charge is -2.41. The molecule has 0 spiro atoms. The Morgan fingerprint density at radius 3 is 2.72 bits per heavy atom. The van der Waals surface area contributed by atoms with Crippen molar-refractivity contribution in [1.29, 1.82) is 0 Å². The number of hydrogen-bond acceptors (Lipinski definition) is 5. The first kappa shape index (κ1) is 11.2. The summed E-state index contributed by atoms with van der Waals surface area (Å²) in [7, 11) is 0. The third-order valence-corrected chi connectivity index (χ3v) is 3.75. The molecule has 0 atom stereocenters. The fraction of sp³-hybridized carbons (Fsp3) is 0.364. The minimum Gasteiger partial charge on any atom is -0.439 e. The molecule has 0 N–H and O–H groups in total. The fourth-order valence-corrected chi connectivity index (χ4v) is 2.70. The first-order valence-corrected chi connectivity index (χ1v) is 6.41. The Bertz CT molecular complexity index is 491. The average molecular weight is 266 g/mol. The number of nitrogens with zero attached hydrogens (tertiary/aromatic N) is 2. The molecule has 0 bridgehead atoms. The van der Waals surface area contributed by atoms with Crippen molar-refractivity contribution in [2.24, 2.45) is 0 Å². The maximum atomic E-state index is 11.9. The zero-order valence-corrected chi connectivity index (χ0v) is 10.2. The summed E-state index contributed by atoms with van der Waals surface area (Å²) in [5, 5.41) is 3.62. The molecule has 0 radical (unpaired) electrons. The highest BCUT2D eigenvalue weighted by Gasteiger charge is 2.44. The predicted octanol–water partition coefficient (Wildman–Crippen LogP) is 0.551. The van der Waals surface area contributed by atoms with E-state index >= 15 is 0 Å². The van der Waals surface area contributed by atoms with E-state index in [1.54, 1.807) is 16.3 Å². The molecule has 94 valence electrons. The average Bonchev–Trinajstić information content (AvgIpc) is 2.90. The smallest absolute Gasteiger partial charge is 0.417 e. The van der Waals surface area contributed by atoms with Crippen LogP contribution in [0.5, 0.6) is 0 Å². The monoisotopic (exact) mass is 266 g/mol. The molecular formula is C11H10N2O4S. The Balaban J connectivity index is 1.62. The fourth-order valence-electron chi connectivity index (χ4n) is 2.07. The van der Waals surface area contributed by atoms with E-state index in [1.165, 1.54) is 11.3 Å². The van der Waals surface area contributed by atoms with Crippen molar-refractivity contribution in [3.8, 4) is 0 Å². The summed E-state index contributed by atoms with van der Waals surface area (Å²) >= 11 is 1.46. The van der Waals surface area contributed by atoms with Gasteiger partial charge in [-0.2, -0.15) is 11.3 Å². The molecular weight excluding hydrogens is 256 g/mol. The number of rotatable bonds is 2. The van der Waals surface area contributed by atoms with Gasteiger partial charge in [-0.25, -0.2) is 9.69 Å². The van der Waals surface area contributed by atoms with Gasteiger partial charge in [0.2, 0.25) is 0 Å². The lowest BCUT2D eigenvalue weighted by Crippen LogP contribution is -2.62. The van der Waals surface area contributed by atoms with Gasteiger partial charge in [-0.15, -0.1) is 0 Å². The van der Waals surface area contributed by atoms with Gasteiger partial charge < -0.3 is 9.64 Å². The molecule has 2 fully saturated rings. The van der Waals surface area contributed by atoms with Gasteiger partial charge in [0.05, 0.1) is 11.6 Å². The predicted molar refractivity (Wildman–Crippen MR) is 62.2 cm³/mol. The SMILES string of the molecule is O=C(c1ccsc1)N1CC(N2C(=O)COC2=O)C1. The number of amides is 3. The molecule has 6 nitrogen and oxygen atoms in total. The lowest BCUT2D eigenvalue weighted by molar-refractivity contribution is -0.129. The molecule has 2 aliphatic rings. The summed E-state index contributed by atoms with van der Waals surface area (Å²) < 4.78 is 4.64. The standard InChI is InChI=1S/C11H10N2O4S/c14-9-5-17-11(16)13(9)8-3-12(4-8)10(15)7-1-2-18-6-7/h1-2,6,8H,3-5H2. The highest BCUT2D eigenvalue weighted by Crippen LogP contribution is 2.22. The second kappa shape index (κ2) is 4.09. The summed E-state index contributed by atoms with van der Waals surface area (Å²) in [5.74, 6) is -0.389. The second-order valence-electron chi connectivity index (χ2n) is 4.19. The van der Waals surface area contributed by atoms with Gasteiger partial charge in [0.25, 0.3) is 11.8 Å². The molecule has 3 rings (SSSR count). The number of imide groups is 1. The third-order valence-electron chi connectivity index (χ3n) is 3.07. The number of carbonyl (C=O) groups is 3. The first-order valence-electron chi connectivity index (χ1n) is 5.47. The van der Waals surface area contributed by atoms with Gasteiger partial charge in [-0.3, -0.25) is 9.59 Å². The van der Waals surface area contributed by atoms with Gasteiger partial charge in [0.1, 0.15) is 0 Å². The van der Waals surface area contributed by atoms with Crippen molar-refractivity contribution in [3.05, 3.63) is 22.4 Å². The molecule has 0 aromatic carbocycles. The topological polar surface area (TPSA) is 66.9 Å². The number of hydrogen-bond donors (Lipinski definition) is 0. The van der Waals surface area contributed by atoms with E-state index in [1.807, 2.05) is 5.38 Å². The maximum absolute atomic E-state index is 11.9. The Morgan fingerprint density at radius 2 is 2.17 bits per heavy atom. The quantitative estimate of drug-likeness (QED) is 0.784. The second-order valence-corrected chi connectivity index (χ2v) is 4.97. The van der Waals surface area contributed by atoms with Crippen molar-refractivity contribution in [3.63, 3.8) is 0 Å². The Labute approximate surface area is 107 Å². The number of thiophene rings is 1. The zero-order chi connectivity index (χ0) is 12.7. The van der Waals surface area contributed by atoms with Crippen molar-refractivity contribution in [2.45, 2.75) is 6.04 Å². The Morgan fingerprint density at radius 1 is 1.39 bits per heavy atom. The van der Waals surface area contributed by atoms with Crippen molar-refractivity contribution in [2.75, 3.05) is 19.7 Å². The van der Waals surface area contributed by atoms with Crippen LogP contribution in [-0.2, 0) is 9.53 Å². The molecule has 1 aromatic rings. The van der Waals surface area contributed by atoms with Crippen molar-refractivity contribution < 1.29 is 19.1 Å². The molecule has 3 amide bonds. The molecule has 0 unspecified atom stereocenters. The molecule has 2 saturated heterocycles. The lowest BCUT2D eigenvalue weighted by atomic mass is 10.1. The van der Waals surface area contributed by atoms with Crippen LogP contribution in [0.2, 0.25) is 0 Å². The van der Waals surface area contributed by atoms with Crippen LogP contribution >= 0.6 is 11.3 Å². The minimum atomic E-state index is -0.604. The van der Waals surface area contributed by atoms with Crippen LogP contribution in [0.15, 0.2) is 16.8 Å². The molecule has 0 saturated carbocycles. The van der Waals surface area contributed by atoms with E-state index in [0.29, 0.717) is 18.7 Å². The molecule has 0 aliphatic carbocycles. The van der Waals surface area contributed by atoms with E-state index in [9.17, 15) is 14.4 Å². The normalized spacial score (nSPS) is 20.0. The van der Waals surface area contributed by atoms with Crippen LogP contribution in [0.25, 0.3) is 0 Å². The van der Waals surface area contributed by atoms with E-state index < -0.39 is 6.09 Å². The molecule has 3 heterocycles. The highest BCUT2D eigenvalue weighted by molar-refractivity contribution is 7.08. The summed E-state index contributed by atoms with van der Waals surface area (Å²) in [6, 6.07) is 1.52. The van der Waals surface area contributed by atoms with Gasteiger partial charge in [0, 0.05) is 18.5 Å². The van der Waals surface area contributed by atoms with E-state index in [4.69, 9.17) is 0 Å². The highest BCUT2D eigenvalue weighted by atomic mass is 32.1. The van der Waals surface area contributed by atoms with Crippen molar-refractivity contribution >= 4 is 29.2 Å². The number of cyclic esters (lactones) is 1. The summed E-state index contributed by atoms with van der Waals surface area (Å²) in [4.78, 5) is 37.4. The van der Waals surface area contributed by atoms with Gasteiger partial charge in [-0.1, -0.05) is 0 Å². The van der Waals surface area contributed by atoms with Gasteiger partial charge in [-0.05, 0) is 11.4 Å². The van der Waals surface area contributed by atoms with E-state index in [2.05, 4.69) is 4.74 Å². The van der Waals surface area contributed by atoms with Gasteiger partial charge >= 0.3 is 6.09 Å². The zero-order valence-electron chi connectivity index (χ0n) is 9.37. The maximum Gasteiger partial charge on any atom is 0.417 e. The van der Waals surface area contributed by atoms with Crippen molar-refractivity contribution in [1.82, 2.24) is 9.80 Å². The molecule has 2 aliphatic heterocycles. The Kier molecular flexibility index (Phi) is 2.55. The van der Waals surface area contributed by atoms with Crippen LogP contribution in [0, 0.1) is 0 Å². The number of likely N-dealkylation sites (tertiary alicyclic amines) is 1. The van der Waals surface area contributed by atoms with E-state index in [-0.39, 0.29) is 24.5 Å². The summed E-state index contributed by atoms with van der Waals surface area (Å²) in [5.41, 5.74) is 0.647. The minimum absolute atomic E-state index is 0.0625. The Hall–Kier alpha value is -1.89. The van der Waals surface area contributed by atoms with E-state index in [0.717, 1.165) is 4.90 Å².